The van der Waals surface area contributed by atoms with Gasteiger partial charge in [0.15, 0.2) is 0 Å². The summed E-state index contributed by atoms with van der Waals surface area (Å²) in [4.78, 5) is 52.6. The first-order chi connectivity index (χ1) is 18.9. The van der Waals surface area contributed by atoms with Crippen LogP contribution in [-0.2, 0) is 4.79 Å². The lowest BCUT2D eigenvalue weighted by Gasteiger charge is -2.32. The lowest BCUT2D eigenvalue weighted by molar-refractivity contribution is -0.127. The van der Waals surface area contributed by atoms with Crippen LogP contribution in [0.3, 0.4) is 0 Å². The number of carbonyl (C=O) groups is 3. The van der Waals surface area contributed by atoms with E-state index in [1.165, 1.54) is 17.4 Å². The molecular formula is C29H26N6O3S. The minimum Gasteiger partial charge on any atom is -0.347 e. The Morgan fingerprint density at radius 3 is 2.82 bits per heavy atom. The molecule has 2 aliphatic rings. The molecule has 1 unspecified atom stereocenters. The Morgan fingerprint density at radius 1 is 1.21 bits per heavy atom. The molecule has 0 aliphatic carbocycles. The molecule has 2 aliphatic heterocycles. The van der Waals surface area contributed by atoms with Crippen LogP contribution in [0, 0.1) is 6.92 Å². The van der Waals surface area contributed by atoms with Crippen LogP contribution in [0.5, 0.6) is 0 Å². The van der Waals surface area contributed by atoms with E-state index in [-0.39, 0.29) is 23.9 Å². The number of nitrogens with one attached hydrogen (secondary N) is 2. The van der Waals surface area contributed by atoms with Crippen molar-refractivity contribution >= 4 is 56.5 Å². The Balaban J connectivity index is 1.35. The molecule has 3 aromatic heterocycles. The molecule has 9 nitrogen and oxygen atoms in total. The molecule has 6 rings (SSSR count). The predicted molar refractivity (Wildman–Crippen MR) is 152 cm³/mol. The molecule has 39 heavy (non-hydrogen) atoms. The summed E-state index contributed by atoms with van der Waals surface area (Å²) in [6.07, 6.45) is 4.50. The highest BCUT2D eigenvalue weighted by molar-refractivity contribution is 7.21. The molecule has 1 saturated heterocycles. The van der Waals surface area contributed by atoms with Crippen molar-refractivity contribution in [3.63, 3.8) is 0 Å². The van der Waals surface area contributed by atoms with Gasteiger partial charge in [0.2, 0.25) is 5.91 Å². The summed E-state index contributed by atoms with van der Waals surface area (Å²) in [7, 11) is 0. The van der Waals surface area contributed by atoms with Gasteiger partial charge in [-0.15, -0.1) is 11.3 Å². The lowest BCUT2D eigenvalue weighted by atomic mass is 10.1. The highest BCUT2D eigenvalue weighted by Crippen LogP contribution is 2.46. The molecule has 1 atom stereocenters. The van der Waals surface area contributed by atoms with E-state index >= 15 is 0 Å². The standard InChI is InChI=1S/C29H26N6O3S/c1-3-23(36)34-13-7-10-19(16-34)32-27(37)26-25-24-22(11-12-30-28(24)39-26)35(29(38)33-25)20-14-17(2)31-21(15-20)18-8-5-4-6-9-18/h3-6,8-9,11-12,14-15,19H,1,7,10,13,16H2,2H3,(H,32,37)(H,33,38). The van der Waals surface area contributed by atoms with E-state index in [1.807, 2.05) is 49.4 Å². The molecule has 4 amide bonds. The van der Waals surface area contributed by atoms with Gasteiger partial charge >= 0.3 is 6.03 Å². The fraction of sp³-hybridized carbons (Fsp3) is 0.207. The number of anilines is 3. The number of piperidine rings is 1. The maximum absolute atomic E-state index is 13.6. The Morgan fingerprint density at radius 2 is 2.03 bits per heavy atom. The van der Waals surface area contributed by atoms with Gasteiger partial charge in [-0.1, -0.05) is 36.9 Å². The SMILES string of the molecule is C=CC(=O)N1CCCC(NC(=O)c2sc3nccc4c3c2NC(=O)N4c2cc(C)nc(-c3ccccc3)c2)C1. The summed E-state index contributed by atoms with van der Waals surface area (Å²) in [5, 5.41) is 6.73. The number of urea groups is 1. The summed E-state index contributed by atoms with van der Waals surface area (Å²) in [5.41, 5.74) is 4.27. The third-order valence-electron chi connectivity index (χ3n) is 6.96. The normalized spacial score (nSPS) is 16.6. The predicted octanol–water partition coefficient (Wildman–Crippen LogP) is 5.26. The van der Waals surface area contributed by atoms with Crippen LogP contribution in [-0.4, -0.2) is 51.8 Å². The van der Waals surface area contributed by atoms with Crippen LogP contribution in [0.1, 0.15) is 28.2 Å². The van der Waals surface area contributed by atoms with Gasteiger partial charge in [0.1, 0.15) is 9.71 Å². The number of nitrogens with zero attached hydrogens (tertiary/aromatic N) is 4. The zero-order valence-electron chi connectivity index (χ0n) is 21.3. The third kappa shape index (κ3) is 4.52. The Hall–Kier alpha value is -4.57. The summed E-state index contributed by atoms with van der Waals surface area (Å²) in [5.74, 6) is -0.439. The number of pyridine rings is 2. The zero-order chi connectivity index (χ0) is 27.1. The Labute approximate surface area is 229 Å². The first kappa shape index (κ1) is 24.7. The first-order valence-corrected chi connectivity index (χ1v) is 13.5. The maximum Gasteiger partial charge on any atom is 0.331 e. The quantitative estimate of drug-likeness (QED) is 0.337. The van der Waals surface area contributed by atoms with Crippen molar-refractivity contribution in [1.29, 1.82) is 0 Å². The van der Waals surface area contributed by atoms with Gasteiger partial charge in [0, 0.05) is 36.6 Å². The van der Waals surface area contributed by atoms with Crippen LogP contribution in [0.4, 0.5) is 21.9 Å². The molecule has 196 valence electrons. The fourth-order valence-corrected chi connectivity index (χ4v) is 6.23. The third-order valence-corrected chi connectivity index (χ3v) is 8.06. The van der Waals surface area contributed by atoms with Crippen molar-refractivity contribution in [2.45, 2.75) is 25.8 Å². The van der Waals surface area contributed by atoms with E-state index < -0.39 is 0 Å². The lowest BCUT2D eigenvalue weighted by Crippen LogP contribution is -2.49. The number of rotatable bonds is 5. The van der Waals surface area contributed by atoms with Gasteiger partial charge in [0.05, 0.1) is 28.1 Å². The second-order valence-corrected chi connectivity index (χ2v) is 10.6. The van der Waals surface area contributed by atoms with Gasteiger partial charge in [-0.2, -0.15) is 0 Å². The number of hydrogen-bond donors (Lipinski definition) is 2. The molecule has 4 aromatic rings. The van der Waals surface area contributed by atoms with Crippen LogP contribution in [0.25, 0.3) is 21.5 Å². The second-order valence-electron chi connectivity index (χ2n) is 9.60. The van der Waals surface area contributed by atoms with E-state index in [2.05, 4.69) is 27.2 Å². The molecule has 0 spiro atoms. The van der Waals surface area contributed by atoms with Crippen molar-refractivity contribution in [1.82, 2.24) is 20.2 Å². The highest BCUT2D eigenvalue weighted by Gasteiger charge is 2.34. The number of aryl methyl sites for hydroxylation is 1. The number of aromatic nitrogens is 2. The fourth-order valence-electron chi connectivity index (χ4n) is 5.21. The first-order valence-electron chi connectivity index (χ1n) is 12.7. The van der Waals surface area contributed by atoms with Crippen molar-refractivity contribution in [2.75, 3.05) is 23.3 Å². The Bertz CT molecular complexity index is 1630. The smallest absolute Gasteiger partial charge is 0.331 e. The molecule has 5 heterocycles. The summed E-state index contributed by atoms with van der Waals surface area (Å²) >= 11 is 1.24. The molecular weight excluding hydrogens is 512 g/mol. The second kappa shape index (κ2) is 9.95. The molecule has 1 fully saturated rings. The van der Waals surface area contributed by atoms with Crippen LogP contribution >= 0.6 is 11.3 Å². The minimum absolute atomic E-state index is 0.145. The molecule has 0 bridgehead atoms. The zero-order valence-corrected chi connectivity index (χ0v) is 22.1. The van der Waals surface area contributed by atoms with E-state index in [0.29, 0.717) is 39.9 Å². The molecule has 10 heteroatoms. The van der Waals surface area contributed by atoms with E-state index in [9.17, 15) is 14.4 Å². The van der Waals surface area contributed by atoms with E-state index in [0.717, 1.165) is 35.2 Å². The van der Waals surface area contributed by atoms with Crippen LogP contribution < -0.4 is 15.5 Å². The van der Waals surface area contributed by atoms with Gasteiger partial charge < -0.3 is 15.5 Å². The van der Waals surface area contributed by atoms with E-state index in [4.69, 9.17) is 0 Å². The topological polar surface area (TPSA) is 108 Å². The number of likely N-dealkylation sites (tertiary alicyclic amines) is 1. The Kier molecular flexibility index (Phi) is 6.32. The largest absolute Gasteiger partial charge is 0.347 e. The monoisotopic (exact) mass is 538 g/mol. The van der Waals surface area contributed by atoms with Gasteiger partial charge in [-0.3, -0.25) is 19.5 Å². The van der Waals surface area contributed by atoms with E-state index in [1.54, 1.807) is 22.1 Å². The highest BCUT2D eigenvalue weighted by atomic mass is 32.1. The van der Waals surface area contributed by atoms with Gasteiger partial charge in [-0.25, -0.2) is 9.78 Å². The minimum atomic E-state index is -0.368. The number of thiophene rings is 1. The average molecular weight is 539 g/mol. The number of carbonyl (C=O) groups excluding carboxylic acids is 3. The molecule has 1 aromatic carbocycles. The molecule has 0 saturated carbocycles. The van der Waals surface area contributed by atoms with Crippen molar-refractivity contribution < 1.29 is 14.4 Å². The maximum atomic E-state index is 13.6. The van der Waals surface area contributed by atoms with Gasteiger partial charge in [0.25, 0.3) is 5.91 Å². The number of benzene rings is 1. The number of hydrogen-bond acceptors (Lipinski definition) is 6. The van der Waals surface area contributed by atoms with Crippen molar-refractivity contribution in [3.8, 4) is 11.3 Å². The average Bonchev–Trinajstić information content (AvgIpc) is 3.32. The van der Waals surface area contributed by atoms with Crippen LogP contribution in [0.2, 0.25) is 0 Å². The van der Waals surface area contributed by atoms with Gasteiger partial charge in [-0.05, 0) is 44.0 Å². The molecule has 2 N–H and O–H groups in total. The van der Waals surface area contributed by atoms with Crippen molar-refractivity contribution in [2.24, 2.45) is 0 Å². The number of amides is 4. The summed E-state index contributed by atoms with van der Waals surface area (Å²) in [6, 6.07) is 14.8. The van der Waals surface area contributed by atoms with Crippen LogP contribution in [0.15, 0.2) is 67.4 Å². The molecule has 0 radical (unpaired) electrons. The summed E-state index contributed by atoms with van der Waals surface area (Å²) < 4.78 is 0. The summed E-state index contributed by atoms with van der Waals surface area (Å²) in [6.45, 7) is 6.52. The van der Waals surface area contributed by atoms with Crippen molar-refractivity contribution in [3.05, 3.63) is 78.0 Å².